The highest BCUT2D eigenvalue weighted by Crippen LogP contribution is 2.24. The van der Waals surface area contributed by atoms with Crippen molar-refractivity contribution in [2.75, 3.05) is 0 Å². The highest BCUT2D eigenvalue weighted by molar-refractivity contribution is 6.34. The predicted molar refractivity (Wildman–Crippen MR) is 77.5 cm³/mol. The van der Waals surface area contributed by atoms with Crippen LogP contribution in [-0.2, 0) is 19.9 Å². The molecule has 2 aromatic heterocycles. The molecule has 0 radical (unpaired) electrons. The maximum Gasteiger partial charge on any atom is 0.0761 e. The van der Waals surface area contributed by atoms with E-state index in [1.807, 2.05) is 11.7 Å². The summed E-state index contributed by atoms with van der Waals surface area (Å²) in [6, 6.07) is 3.44. The van der Waals surface area contributed by atoms with Crippen molar-refractivity contribution in [3.05, 3.63) is 45.5 Å². The predicted octanol–water partition coefficient (Wildman–Crippen LogP) is 2.93. The summed E-state index contributed by atoms with van der Waals surface area (Å²) in [7, 11) is 1.91. The Morgan fingerprint density at radius 1 is 1.37 bits per heavy atom. The maximum atomic E-state index is 6.17. The summed E-state index contributed by atoms with van der Waals surface area (Å²) in [6.07, 6.45) is 3.10. The van der Waals surface area contributed by atoms with E-state index in [1.165, 1.54) is 0 Å². The van der Waals surface area contributed by atoms with Gasteiger partial charge >= 0.3 is 0 Å². The van der Waals surface area contributed by atoms with E-state index in [1.54, 1.807) is 12.3 Å². The number of aryl methyl sites for hydroxylation is 2. The molecular weight excluding hydrogens is 283 g/mol. The van der Waals surface area contributed by atoms with Crippen molar-refractivity contribution in [2.24, 2.45) is 12.8 Å². The zero-order valence-corrected chi connectivity index (χ0v) is 12.4. The topological polar surface area (TPSA) is 56.7 Å². The molecule has 2 aromatic rings. The fraction of sp³-hybridized carbons (Fsp3) is 0.385. The number of pyridine rings is 1. The summed E-state index contributed by atoms with van der Waals surface area (Å²) >= 11 is 11.9. The van der Waals surface area contributed by atoms with Crippen molar-refractivity contribution in [1.82, 2.24) is 14.8 Å². The van der Waals surface area contributed by atoms with Crippen molar-refractivity contribution in [3.63, 3.8) is 0 Å². The van der Waals surface area contributed by atoms with Crippen LogP contribution in [0.1, 0.15) is 30.0 Å². The molecule has 0 aromatic carbocycles. The first-order valence-electron chi connectivity index (χ1n) is 6.09. The molecule has 0 spiro atoms. The summed E-state index contributed by atoms with van der Waals surface area (Å²) in [4.78, 5) is 4.21. The van der Waals surface area contributed by atoms with Crippen molar-refractivity contribution in [2.45, 2.75) is 25.8 Å². The van der Waals surface area contributed by atoms with Gasteiger partial charge in [0.2, 0.25) is 0 Å². The highest BCUT2D eigenvalue weighted by atomic mass is 35.5. The standard InChI is InChI=1S/C13H16Cl2N4/c1-3-9-5-10(19(2)18-9)6-12(16)13-11(15)4-8(14)7-17-13/h4-5,7,12H,3,6,16H2,1-2H3. The Balaban J connectivity index is 2.20. The lowest BCUT2D eigenvalue weighted by molar-refractivity contribution is 0.627. The average molecular weight is 299 g/mol. The van der Waals surface area contributed by atoms with Crippen LogP contribution in [0.2, 0.25) is 10.0 Å². The van der Waals surface area contributed by atoms with E-state index in [2.05, 4.69) is 23.1 Å². The zero-order chi connectivity index (χ0) is 14.0. The van der Waals surface area contributed by atoms with Gasteiger partial charge in [0.05, 0.1) is 27.5 Å². The summed E-state index contributed by atoms with van der Waals surface area (Å²) in [5.41, 5.74) is 8.95. The fourth-order valence-corrected chi connectivity index (χ4v) is 2.48. The molecule has 1 atom stereocenters. The average Bonchev–Trinajstić information content (AvgIpc) is 2.70. The van der Waals surface area contributed by atoms with Gasteiger partial charge in [-0.1, -0.05) is 30.1 Å². The molecule has 2 N–H and O–H groups in total. The Labute approximate surface area is 122 Å². The zero-order valence-electron chi connectivity index (χ0n) is 10.9. The van der Waals surface area contributed by atoms with E-state index in [-0.39, 0.29) is 6.04 Å². The second-order valence-electron chi connectivity index (χ2n) is 4.44. The van der Waals surface area contributed by atoms with E-state index in [0.29, 0.717) is 22.2 Å². The molecule has 0 aliphatic heterocycles. The van der Waals surface area contributed by atoms with Gasteiger partial charge in [-0.05, 0) is 18.6 Å². The first kappa shape index (κ1) is 14.3. The largest absolute Gasteiger partial charge is 0.322 e. The van der Waals surface area contributed by atoms with Crippen LogP contribution in [0.15, 0.2) is 18.3 Å². The van der Waals surface area contributed by atoms with Crippen LogP contribution in [-0.4, -0.2) is 14.8 Å². The lowest BCUT2D eigenvalue weighted by Crippen LogP contribution is -2.17. The molecule has 6 heteroatoms. The van der Waals surface area contributed by atoms with Crippen molar-refractivity contribution >= 4 is 23.2 Å². The van der Waals surface area contributed by atoms with E-state index < -0.39 is 0 Å². The monoisotopic (exact) mass is 298 g/mol. The van der Waals surface area contributed by atoms with Crippen molar-refractivity contribution in [1.29, 1.82) is 0 Å². The molecule has 4 nitrogen and oxygen atoms in total. The summed E-state index contributed by atoms with van der Waals surface area (Å²) in [6.45, 7) is 2.07. The Morgan fingerprint density at radius 3 is 2.68 bits per heavy atom. The molecular formula is C13H16Cl2N4. The Kier molecular flexibility index (Phi) is 4.45. The summed E-state index contributed by atoms with van der Waals surface area (Å²) < 4.78 is 1.85. The van der Waals surface area contributed by atoms with E-state index in [0.717, 1.165) is 17.8 Å². The normalized spacial score (nSPS) is 12.7. The minimum Gasteiger partial charge on any atom is -0.322 e. The second kappa shape index (κ2) is 5.90. The van der Waals surface area contributed by atoms with Crippen LogP contribution in [0.25, 0.3) is 0 Å². The van der Waals surface area contributed by atoms with Crippen molar-refractivity contribution < 1.29 is 0 Å². The van der Waals surface area contributed by atoms with Gasteiger partial charge in [0, 0.05) is 25.4 Å². The molecule has 2 rings (SSSR count). The molecule has 0 bridgehead atoms. The molecule has 0 aliphatic carbocycles. The highest BCUT2D eigenvalue weighted by Gasteiger charge is 2.15. The smallest absolute Gasteiger partial charge is 0.0761 e. The number of rotatable bonds is 4. The quantitative estimate of drug-likeness (QED) is 0.944. The second-order valence-corrected chi connectivity index (χ2v) is 5.28. The maximum absolute atomic E-state index is 6.17. The molecule has 0 fully saturated rings. The fourth-order valence-electron chi connectivity index (χ4n) is 1.96. The van der Waals surface area contributed by atoms with Crippen LogP contribution in [0.4, 0.5) is 0 Å². The van der Waals surface area contributed by atoms with Gasteiger partial charge < -0.3 is 5.73 Å². The van der Waals surface area contributed by atoms with E-state index in [4.69, 9.17) is 28.9 Å². The SMILES string of the molecule is CCc1cc(CC(N)c2ncc(Cl)cc2Cl)n(C)n1. The van der Waals surface area contributed by atoms with Crippen LogP contribution in [0.3, 0.4) is 0 Å². The van der Waals surface area contributed by atoms with Gasteiger partial charge in [-0.3, -0.25) is 9.67 Å². The first-order valence-corrected chi connectivity index (χ1v) is 6.85. The summed E-state index contributed by atoms with van der Waals surface area (Å²) in [5, 5.41) is 5.41. The van der Waals surface area contributed by atoms with Gasteiger partial charge in [-0.15, -0.1) is 0 Å². The molecule has 19 heavy (non-hydrogen) atoms. The van der Waals surface area contributed by atoms with Crippen LogP contribution in [0, 0.1) is 0 Å². The van der Waals surface area contributed by atoms with E-state index in [9.17, 15) is 0 Å². The minimum atomic E-state index is -0.273. The van der Waals surface area contributed by atoms with Gasteiger partial charge in [0.1, 0.15) is 0 Å². The number of hydrogen-bond donors (Lipinski definition) is 1. The number of hydrogen-bond acceptors (Lipinski definition) is 3. The Morgan fingerprint density at radius 2 is 2.11 bits per heavy atom. The molecule has 102 valence electrons. The molecule has 0 saturated carbocycles. The number of nitrogens with zero attached hydrogens (tertiary/aromatic N) is 3. The molecule has 0 amide bonds. The lowest BCUT2D eigenvalue weighted by Gasteiger charge is -2.12. The van der Waals surface area contributed by atoms with Crippen LogP contribution in [0.5, 0.6) is 0 Å². The number of halogens is 2. The van der Waals surface area contributed by atoms with Crippen LogP contribution >= 0.6 is 23.2 Å². The number of aromatic nitrogens is 3. The Bertz CT molecular complexity index is 580. The molecule has 1 unspecified atom stereocenters. The first-order chi connectivity index (χ1) is 9.01. The lowest BCUT2D eigenvalue weighted by atomic mass is 10.1. The van der Waals surface area contributed by atoms with E-state index >= 15 is 0 Å². The third-order valence-corrected chi connectivity index (χ3v) is 3.52. The third-order valence-electron chi connectivity index (χ3n) is 3.01. The van der Waals surface area contributed by atoms with Gasteiger partial charge in [0.25, 0.3) is 0 Å². The van der Waals surface area contributed by atoms with Crippen molar-refractivity contribution in [3.8, 4) is 0 Å². The molecule has 0 saturated heterocycles. The van der Waals surface area contributed by atoms with Gasteiger partial charge in [-0.2, -0.15) is 5.10 Å². The molecule has 2 heterocycles. The molecule has 0 aliphatic rings. The number of nitrogens with two attached hydrogens (primary N) is 1. The minimum absolute atomic E-state index is 0.273. The summed E-state index contributed by atoms with van der Waals surface area (Å²) in [5.74, 6) is 0. The van der Waals surface area contributed by atoms with Crippen LogP contribution < -0.4 is 5.73 Å². The van der Waals surface area contributed by atoms with Gasteiger partial charge in [-0.25, -0.2) is 0 Å². The Hall–Kier alpha value is -1.10. The van der Waals surface area contributed by atoms with Gasteiger partial charge in [0.15, 0.2) is 0 Å². The third kappa shape index (κ3) is 3.26.